The lowest BCUT2D eigenvalue weighted by Crippen LogP contribution is -2.07. The molecule has 0 nitrogen and oxygen atoms in total. The molecule has 2 rings (SSSR count). The maximum atomic E-state index is 3.54. The summed E-state index contributed by atoms with van der Waals surface area (Å²) in [5.41, 5.74) is 0. The molecule has 1 fully saturated rings. The average Bonchev–Trinajstić information content (AvgIpc) is 2.45. The topological polar surface area (TPSA) is 0 Å². The summed E-state index contributed by atoms with van der Waals surface area (Å²) in [7, 11) is 0. The summed E-state index contributed by atoms with van der Waals surface area (Å²) in [5.74, 6) is 2.83. The summed E-state index contributed by atoms with van der Waals surface area (Å²) in [4.78, 5) is 0. The van der Waals surface area contributed by atoms with E-state index in [0.29, 0.717) is 0 Å². The number of allylic oxidation sites excluding steroid dienone is 2. The second-order valence-electron chi connectivity index (χ2n) is 3.19. The minimum atomic E-state index is 0.925. The van der Waals surface area contributed by atoms with Crippen LogP contribution in [0.4, 0.5) is 0 Å². The van der Waals surface area contributed by atoms with Crippen LogP contribution in [-0.4, -0.2) is 5.33 Å². The van der Waals surface area contributed by atoms with Crippen molar-refractivity contribution in [2.45, 2.75) is 12.8 Å². The maximum absolute atomic E-state index is 3.54. The smallest absolute Gasteiger partial charge is 0.00655 e. The van der Waals surface area contributed by atoms with Gasteiger partial charge >= 0.3 is 0 Å². The van der Waals surface area contributed by atoms with Crippen molar-refractivity contribution in [3.05, 3.63) is 12.2 Å². The molecule has 2 aliphatic carbocycles. The molecule has 50 valence electrons. The molecule has 3 atom stereocenters. The van der Waals surface area contributed by atoms with Gasteiger partial charge in [0.1, 0.15) is 0 Å². The number of halogens is 1. The Kier molecular flexibility index (Phi) is 1.40. The summed E-state index contributed by atoms with van der Waals surface area (Å²) >= 11 is 3.54. The minimum Gasteiger partial charge on any atom is -0.0925 e. The van der Waals surface area contributed by atoms with Crippen molar-refractivity contribution < 1.29 is 0 Å². The number of hydrogen-bond donors (Lipinski definition) is 0. The second kappa shape index (κ2) is 2.12. The van der Waals surface area contributed by atoms with Crippen LogP contribution in [0, 0.1) is 17.8 Å². The van der Waals surface area contributed by atoms with Crippen LogP contribution in [0.3, 0.4) is 0 Å². The van der Waals surface area contributed by atoms with Crippen molar-refractivity contribution in [3.63, 3.8) is 0 Å². The van der Waals surface area contributed by atoms with Gasteiger partial charge in [-0.1, -0.05) is 28.1 Å². The van der Waals surface area contributed by atoms with Gasteiger partial charge in [0.25, 0.3) is 0 Å². The van der Waals surface area contributed by atoms with E-state index in [0.717, 1.165) is 17.8 Å². The molecule has 0 aromatic carbocycles. The fourth-order valence-electron chi connectivity index (χ4n) is 2.07. The highest BCUT2D eigenvalue weighted by atomic mass is 79.9. The van der Waals surface area contributed by atoms with Gasteiger partial charge in [-0.2, -0.15) is 0 Å². The lowest BCUT2D eigenvalue weighted by atomic mass is 9.96. The SMILES string of the molecule is BrC[C@H]1C[C@@H]2C=C[C@H]1C2. The molecule has 0 spiro atoms. The van der Waals surface area contributed by atoms with Gasteiger partial charge in [-0.15, -0.1) is 0 Å². The van der Waals surface area contributed by atoms with Crippen molar-refractivity contribution in [2.75, 3.05) is 5.33 Å². The van der Waals surface area contributed by atoms with E-state index in [1.54, 1.807) is 0 Å². The Balaban J connectivity index is 2.10. The first-order valence-corrected chi connectivity index (χ1v) is 4.76. The Morgan fingerprint density at radius 1 is 1.33 bits per heavy atom. The summed E-state index contributed by atoms with van der Waals surface area (Å²) in [5, 5.41) is 1.21. The van der Waals surface area contributed by atoms with Crippen LogP contribution in [0.2, 0.25) is 0 Å². The Morgan fingerprint density at radius 2 is 2.22 bits per heavy atom. The minimum absolute atomic E-state index is 0.925. The highest BCUT2D eigenvalue weighted by molar-refractivity contribution is 9.09. The standard InChI is InChI=1S/C8H11Br/c9-5-8-4-6-1-2-7(8)3-6/h1-2,6-8H,3-5H2/t6-,7+,8-/m1/s1. The largest absolute Gasteiger partial charge is 0.0925 e. The number of rotatable bonds is 1. The molecule has 0 N–H and O–H groups in total. The fraction of sp³-hybridized carbons (Fsp3) is 0.750. The van der Waals surface area contributed by atoms with Gasteiger partial charge in [0.2, 0.25) is 0 Å². The Morgan fingerprint density at radius 3 is 2.56 bits per heavy atom. The van der Waals surface area contributed by atoms with E-state index in [1.807, 2.05) is 0 Å². The van der Waals surface area contributed by atoms with E-state index in [4.69, 9.17) is 0 Å². The van der Waals surface area contributed by atoms with Crippen LogP contribution in [0.1, 0.15) is 12.8 Å². The van der Waals surface area contributed by atoms with E-state index in [9.17, 15) is 0 Å². The molecule has 9 heavy (non-hydrogen) atoms. The zero-order valence-corrected chi connectivity index (χ0v) is 6.97. The molecule has 1 saturated carbocycles. The fourth-order valence-corrected chi connectivity index (χ4v) is 2.82. The summed E-state index contributed by atoms with van der Waals surface area (Å²) in [6.45, 7) is 0. The van der Waals surface area contributed by atoms with Crippen LogP contribution < -0.4 is 0 Å². The second-order valence-corrected chi connectivity index (χ2v) is 3.84. The first-order chi connectivity index (χ1) is 4.40. The zero-order valence-electron chi connectivity index (χ0n) is 5.39. The number of alkyl halides is 1. The van der Waals surface area contributed by atoms with Gasteiger partial charge < -0.3 is 0 Å². The van der Waals surface area contributed by atoms with Gasteiger partial charge in [0.05, 0.1) is 0 Å². The third-order valence-electron chi connectivity index (χ3n) is 2.61. The molecule has 0 amide bonds. The lowest BCUT2D eigenvalue weighted by Gasteiger charge is -2.13. The predicted molar refractivity (Wildman–Crippen MR) is 42.6 cm³/mol. The third-order valence-corrected chi connectivity index (χ3v) is 3.45. The van der Waals surface area contributed by atoms with Gasteiger partial charge in [-0.25, -0.2) is 0 Å². The van der Waals surface area contributed by atoms with Gasteiger partial charge in [-0.05, 0) is 30.6 Å². The molecular weight excluding hydrogens is 176 g/mol. The monoisotopic (exact) mass is 186 g/mol. The Bertz CT molecular complexity index is 140. The highest BCUT2D eigenvalue weighted by Gasteiger charge is 2.34. The van der Waals surface area contributed by atoms with Gasteiger partial charge in [0.15, 0.2) is 0 Å². The highest BCUT2D eigenvalue weighted by Crippen LogP contribution is 2.43. The van der Waals surface area contributed by atoms with Gasteiger partial charge in [0, 0.05) is 5.33 Å². The Labute approximate surface area is 64.5 Å². The maximum Gasteiger partial charge on any atom is 0.00655 e. The molecule has 0 radical (unpaired) electrons. The summed E-state index contributed by atoms with van der Waals surface area (Å²) < 4.78 is 0. The molecule has 0 unspecified atom stereocenters. The van der Waals surface area contributed by atoms with Crippen LogP contribution in [-0.2, 0) is 0 Å². The third kappa shape index (κ3) is 0.861. The summed E-state index contributed by atoms with van der Waals surface area (Å²) in [6, 6.07) is 0. The van der Waals surface area contributed by atoms with Crippen LogP contribution in [0.25, 0.3) is 0 Å². The molecule has 0 aromatic rings. The van der Waals surface area contributed by atoms with Crippen LogP contribution in [0.15, 0.2) is 12.2 Å². The average molecular weight is 187 g/mol. The van der Waals surface area contributed by atoms with E-state index < -0.39 is 0 Å². The van der Waals surface area contributed by atoms with E-state index in [1.165, 1.54) is 18.2 Å². The summed E-state index contributed by atoms with van der Waals surface area (Å²) in [6.07, 6.45) is 7.67. The van der Waals surface area contributed by atoms with E-state index in [2.05, 4.69) is 28.1 Å². The van der Waals surface area contributed by atoms with Crippen molar-refractivity contribution in [2.24, 2.45) is 17.8 Å². The molecule has 2 bridgehead atoms. The normalized spacial score (nSPS) is 46.6. The first kappa shape index (κ1) is 5.96. The van der Waals surface area contributed by atoms with Crippen molar-refractivity contribution >= 4 is 15.9 Å². The van der Waals surface area contributed by atoms with E-state index >= 15 is 0 Å². The zero-order chi connectivity index (χ0) is 6.27. The quantitative estimate of drug-likeness (QED) is 0.437. The number of fused-ring (bicyclic) bond motifs is 2. The van der Waals surface area contributed by atoms with Gasteiger partial charge in [-0.3, -0.25) is 0 Å². The molecule has 1 heteroatoms. The number of hydrogen-bond acceptors (Lipinski definition) is 0. The molecular formula is C8H11Br. The Hall–Kier alpha value is 0.220. The van der Waals surface area contributed by atoms with Crippen LogP contribution in [0.5, 0.6) is 0 Å². The van der Waals surface area contributed by atoms with Crippen molar-refractivity contribution in [1.29, 1.82) is 0 Å². The lowest BCUT2D eigenvalue weighted by molar-refractivity contribution is 0.505. The van der Waals surface area contributed by atoms with E-state index in [-0.39, 0.29) is 0 Å². The molecule has 0 heterocycles. The molecule has 0 aromatic heterocycles. The molecule has 2 aliphatic rings. The van der Waals surface area contributed by atoms with Crippen molar-refractivity contribution in [3.8, 4) is 0 Å². The van der Waals surface area contributed by atoms with Crippen LogP contribution >= 0.6 is 15.9 Å². The predicted octanol–water partition coefficient (Wildman–Crippen LogP) is 2.59. The molecule has 0 aliphatic heterocycles. The molecule has 0 saturated heterocycles. The van der Waals surface area contributed by atoms with Crippen molar-refractivity contribution in [1.82, 2.24) is 0 Å². The first-order valence-electron chi connectivity index (χ1n) is 3.64.